The molecule has 14 rings (SSSR count). The molecule has 6 nitrogen and oxygen atoms in total. The quantitative estimate of drug-likeness (QED) is 0.159. The predicted octanol–water partition coefficient (Wildman–Crippen LogP) is 16.8. The summed E-state index contributed by atoms with van der Waals surface area (Å²) in [6, 6.07) is 80.3. The Balaban J connectivity index is 0.858. The molecule has 0 aliphatic rings. The second-order valence-electron chi connectivity index (χ2n) is 17.5. The lowest BCUT2D eigenvalue weighted by molar-refractivity contribution is 0.668. The van der Waals surface area contributed by atoms with E-state index in [1.54, 1.807) is 0 Å². The number of hydrogen-bond acceptors (Lipinski definition) is 5. The first kappa shape index (κ1) is 38.8. The van der Waals surface area contributed by atoms with Crippen LogP contribution in [0.2, 0.25) is 0 Å². The van der Waals surface area contributed by atoms with Gasteiger partial charge in [0.15, 0.2) is 17.5 Å². The summed E-state index contributed by atoms with van der Waals surface area (Å²) in [6.45, 7) is 0. The van der Waals surface area contributed by atoms with Crippen molar-refractivity contribution in [3.05, 3.63) is 231 Å². The fraction of sp³-hybridized carbons (Fsp3) is 0. The monoisotopic (exact) mass is 882 g/mol. The molecule has 0 saturated heterocycles. The smallest absolute Gasteiger partial charge is 0.164 e. The van der Waals surface area contributed by atoms with E-state index in [9.17, 15) is 0 Å². The largest absolute Gasteiger partial charge is 0.456 e. The Morgan fingerprint density at radius 3 is 1.42 bits per heavy atom. The van der Waals surface area contributed by atoms with Crippen LogP contribution in [0.25, 0.3) is 139 Å². The van der Waals surface area contributed by atoms with Crippen molar-refractivity contribution >= 4 is 65.7 Å². The SMILES string of the molecule is c1ccc(-c2ccc(-c3nc(-c4ccccc4)nc(-c4cccc5oc6cc(-c7ccc8c(c7)oc7cccc(-n9c%10ccccc%10c%10cc(-c%11ccccc%11)ccc%109)c78)ccc6c45)n3)cc2)cc1. The Morgan fingerprint density at radius 1 is 0.275 bits per heavy atom. The third kappa shape index (κ3) is 6.45. The number of aromatic nitrogens is 4. The molecule has 4 heterocycles. The maximum atomic E-state index is 6.71. The molecule has 0 unspecified atom stereocenters. The molecule has 0 aliphatic carbocycles. The minimum atomic E-state index is 0.580. The zero-order valence-electron chi connectivity index (χ0n) is 37.0. The molecule has 0 saturated carbocycles. The van der Waals surface area contributed by atoms with Crippen molar-refractivity contribution in [2.45, 2.75) is 0 Å². The molecule has 0 radical (unpaired) electrons. The summed E-state index contributed by atoms with van der Waals surface area (Å²) in [5.41, 5.74) is 16.0. The van der Waals surface area contributed by atoms with Crippen molar-refractivity contribution in [3.63, 3.8) is 0 Å². The Bertz CT molecular complexity index is 4290. The minimum absolute atomic E-state index is 0.580. The van der Waals surface area contributed by atoms with Gasteiger partial charge in [-0.3, -0.25) is 0 Å². The van der Waals surface area contributed by atoms with Gasteiger partial charge in [0.2, 0.25) is 0 Å². The molecule has 0 aliphatic heterocycles. The van der Waals surface area contributed by atoms with Gasteiger partial charge in [0.25, 0.3) is 0 Å². The van der Waals surface area contributed by atoms with Crippen LogP contribution >= 0.6 is 0 Å². The molecule has 0 atom stereocenters. The van der Waals surface area contributed by atoms with Crippen molar-refractivity contribution in [3.8, 4) is 73.2 Å². The van der Waals surface area contributed by atoms with E-state index in [0.29, 0.717) is 17.5 Å². The van der Waals surface area contributed by atoms with Gasteiger partial charge >= 0.3 is 0 Å². The Kier molecular flexibility index (Phi) is 8.79. The van der Waals surface area contributed by atoms with E-state index in [1.165, 1.54) is 21.9 Å². The maximum absolute atomic E-state index is 6.71. The van der Waals surface area contributed by atoms with E-state index < -0.39 is 0 Å². The average molecular weight is 883 g/mol. The topological polar surface area (TPSA) is 69.9 Å². The maximum Gasteiger partial charge on any atom is 0.164 e. The molecule has 6 heteroatoms. The van der Waals surface area contributed by atoms with Crippen molar-refractivity contribution in [2.75, 3.05) is 0 Å². The van der Waals surface area contributed by atoms with Crippen LogP contribution in [0.5, 0.6) is 0 Å². The molecule has 4 aromatic heterocycles. The van der Waals surface area contributed by atoms with Gasteiger partial charge in [0.1, 0.15) is 22.3 Å². The zero-order chi connectivity index (χ0) is 45.4. The fourth-order valence-corrected chi connectivity index (χ4v) is 10.2. The van der Waals surface area contributed by atoms with Crippen LogP contribution in [0, 0.1) is 0 Å². The molecule has 0 N–H and O–H groups in total. The second-order valence-corrected chi connectivity index (χ2v) is 17.5. The van der Waals surface area contributed by atoms with Crippen LogP contribution < -0.4 is 0 Å². The van der Waals surface area contributed by atoms with Gasteiger partial charge in [-0.15, -0.1) is 0 Å². The molecule has 69 heavy (non-hydrogen) atoms. The van der Waals surface area contributed by atoms with Crippen LogP contribution in [-0.2, 0) is 0 Å². The number of rotatable bonds is 7. The van der Waals surface area contributed by atoms with E-state index >= 15 is 0 Å². The summed E-state index contributed by atoms with van der Waals surface area (Å²) in [7, 11) is 0. The fourth-order valence-electron chi connectivity index (χ4n) is 10.2. The van der Waals surface area contributed by atoms with Crippen molar-refractivity contribution < 1.29 is 8.83 Å². The highest BCUT2D eigenvalue weighted by atomic mass is 16.3. The van der Waals surface area contributed by atoms with Crippen molar-refractivity contribution in [1.82, 2.24) is 19.5 Å². The third-order valence-corrected chi connectivity index (χ3v) is 13.5. The van der Waals surface area contributed by atoms with Gasteiger partial charge in [-0.2, -0.15) is 0 Å². The molecule has 322 valence electrons. The Hall–Kier alpha value is -9.39. The highest BCUT2D eigenvalue weighted by molar-refractivity contribution is 6.16. The van der Waals surface area contributed by atoms with Gasteiger partial charge in [-0.1, -0.05) is 170 Å². The van der Waals surface area contributed by atoms with Gasteiger partial charge in [0.05, 0.1) is 22.1 Å². The molecule has 0 bridgehead atoms. The molecule has 0 fully saturated rings. The Labute approximate surface area is 396 Å². The number of furan rings is 2. The first-order valence-electron chi connectivity index (χ1n) is 23.2. The molecule has 10 aromatic carbocycles. The van der Waals surface area contributed by atoms with Crippen LogP contribution in [0.4, 0.5) is 0 Å². The third-order valence-electron chi connectivity index (χ3n) is 13.5. The van der Waals surface area contributed by atoms with Crippen LogP contribution in [-0.4, -0.2) is 19.5 Å². The minimum Gasteiger partial charge on any atom is -0.456 e. The number of para-hydroxylation sites is 1. The number of nitrogens with zero attached hydrogens (tertiary/aromatic N) is 4. The van der Waals surface area contributed by atoms with Crippen molar-refractivity contribution in [1.29, 1.82) is 0 Å². The standard InChI is InChI=1S/C63H38N4O2/c1-4-14-39(15-5-1)41-26-28-43(29-27-41)62-64-61(42-18-8-3-9-19-42)65-63(66-62)50-21-12-24-55-59(50)48-33-30-45(37-57(48)68-55)46-31-34-49-58(38-46)69-56-25-13-23-54(60(49)56)67-52-22-11-10-20-47(52)51-36-44(32-35-53(51)67)40-16-6-2-7-17-40/h1-38H. The lowest BCUT2D eigenvalue weighted by Crippen LogP contribution is -2.00. The summed E-state index contributed by atoms with van der Waals surface area (Å²) in [5.74, 6) is 1.79. The van der Waals surface area contributed by atoms with Crippen LogP contribution in [0.3, 0.4) is 0 Å². The highest BCUT2D eigenvalue weighted by Crippen LogP contribution is 2.42. The predicted molar refractivity (Wildman–Crippen MR) is 281 cm³/mol. The molecule has 14 aromatic rings. The highest BCUT2D eigenvalue weighted by Gasteiger charge is 2.21. The van der Waals surface area contributed by atoms with E-state index in [0.717, 1.165) is 99.5 Å². The van der Waals surface area contributed by atoms with E-state index in [2.05, 4.69) is 187 Å². The summed E-state index contributed by atoms with van der Waals surface area (Å²) >= 11 is 0. The van der Waals surface area contributed by atoms with Crippen LogP contribution in [0.15, 0.2) is 239 Å². The number of benzene rings is 10. The normalized spacial score (nSPS) is 11.8. The van der Waals surface area contributed by atoms with Gasteiger partial charge < -0.3 is 13.4 Å². The Morgan fingerprint density at radius 2 is 0.739 bits per heavy atom. The zero-order valence-corrected chi connectivity index (χ0v) is 37.0. The number of hydrogen-bond donors (Lipinski definition) is 0. The first-order chi connectivity index (χ1) is 34.2. The summed E-state index contributed by atoms with van der Waals surface area (Å²) in [6.07, 6.45) is 0. The van der Waals surface area contributed by atoms with E-state index in [4.69, 9.17) is 23.8 Å². The first-order valence-corrected chi connectivity index (χ1v) is 23.2. The van der Waals surface area contributed by atoms with Crippen LogP contribution in [0.1, 0.15) is 0 Å². The van der Waals surface area contributed by atoms with E-state index in [-0.39, 0.29) is 0 Å². The molecule has 0 amide bonds. The molecular weight excluding hydrogens is 845 g/mol. The lowest BCUT2D eigenvalue weighted by atomic mass is 10.00. The van der Waals surface area contributed by atoms with Gasteiger partial charge in [-0.05, 0) is 94.0 Å². The number of fused-ring (bicyclic) bond motifs is 9. The summed E-state index contributed by atoms with van der Waals surface area (Å²) < 4.78 is 15.8. The lowest BCUT2D eigenvalue weighted by Gasteiger charge is -2.10. The van der Waals surface area contributed by atoms with Crippen molar-refractivity contribution in [2.24, 2.45) is 0 Å². The summed E-state index contributed by atoms with van der Waals surface area (Å²) in [5, 5.41) is 6.50. The van der Waals surface area contributed by atoms with E-state index in [1.807, 2.05) is 48.5 Å². The van der Waals surface area contributed by atoms with Gasteiger partial charge in [-0.25, -0.2) is 15.0 Å². The molecule has 0 spiro atoms. The second kappa shape index (κ2) is 15.6. The summed E-state index contributed by atoms with van der Waals surface area (Å²) in [4.78, 5) is 15.3. The average Bonchev–Trinajstić information content (AvgIpc) is 4.10. The van der Waals surface area contributed by atoms with Gasteiger partial charge in [0, 0.05) is 43.6 Å². The molecular formula is C63H38N4O2.